The highest BCUT2D eigenvalue weighted by molar-refractivity contribution is 7.99. The average molecular weight is 433 g/mol. The number of anilines is 1. The van der Waals surface area contributed by atoms with Gasteiger partial charge in [0.1, 0.15) is 5.82 Å². The van der Waals surface area contributed by atoms with Crippen molar-refractivity contribution in [3.63, 3.8) is 0 Å². The van der Waals surface area contributed by atoms with Crippen molar-refractivity contribution in [2.24, 2.45) is 0 Å². The van der Waals surface area contributed by atoms with E-state index in [0.29, 0.717) is 17.4 Å². The Balaban J connectivity index is 1.60. The van der Waals surface area contributed by atoms with Crippen molar-refractivity contribution in [3.05, 3.63) is 57.0 Å². The SMILES string of the molecule is O=C(CSc1n[nH]c(Cc2cccs2)n1)Nc1c(Cl)cccc1C(F)(F)F. The number of nitrogens with zero attached hydrogens (tertiary/aromatic N) is 2. The van der Waals surface area contributed by atoms with Gasteiger partial charge in [0.2, 0.25) is 11.1 Å². The Morgan fingerprint density at radius 3 is 2.81 bits per heavy atom. The van der Waals surface area contributed by atoms with E-state index in [2.05, 4.69) is 20.5 Å². The van der Waals surface area contributed by atoms with Crippen LogP contribution in [-0.2, 0) is 17.4 Å². The van der Waals surface area contributed by atoms with Crippen LogP contribution in [0.5, 0.6) is 0 Å². The van der Waals surface area contributed by atoms with E-state index in [4.69, 9.17) is 11.6 Å². The van der Waals surface area contributed by atoms with Gasteiger partial charge >= 0.3 is 6.18 Å². The number of thiophene rings is 1. The number of alkyl halides is 3. The molecule has 0 spiro atoms. The Labute approximate surface area is 165 Å². The van der Waals surface area contributed by atoms with E-state index in [1.54, 1.807) is 11.3 Å². The van der Waals surface area contributed by atoms with Crippen molar-refractivity contribution in [2.45, 2.75) is 17.8 Å². The fourth-order valence-corrected chi connectivity index (χ4v) is 3.74. The van der Waals surface area contributed by atoms with Crippen LogP contribution in [0.25, 0.3) is 0 Å². The van der Waals surface area contributed by atoms with Crippen LogP contribution in [0.15, 0.2) is 40.9 Å². The summed E-state index contributed by atoms with van der Waals surface area (Å²) in [7, 11) is 0. The van der Waals surface area contributed by atoms with Crippen LogP contribution in [0.1, 0.15) is 16.3 Å². The molecule has 142 valence electrons. The molecule has 0 unspecified atom stereocenters. The van der Waals surface area contributed by atoms with E-state index < -0.39 is 23.3 Å². The molecule has 1 aromatic carbocycles. The monoisotopic (exact) mass is 432 g/mol. The van der Waals surface area contributed by atoms with Gasteiger partial charge in [-0.3, -0.25) is 9.89 Å². The minimum Gasteiger partial charge on any atom is -0.324 e. The number of aromatic nitrogens is 3. The van der Waals surface area contributed by atoms with Crippen LogP contribution in [-0.4, -0.2) is 26.8 Å². The summed E-state index contributed by atoms with van der Waals surface area (Å²) in [6.45, 7) is 0. The van der Waals surface area contributed by atoms with Gasteiger partial charge in [0.15, 0.2) is 0 Å². The fraction of sp³-hybridized carbons (Fsp3) is 0.188. The van der Waals surface area contributed by atoms with E-state index in [1.807, 2.05) is 17.5 Å². The number of thioether (sulfide) groups is 1. The van der Waals surface area contributed by atoms with Crippen LogP contribution in [0.2, 0.25) is 5.02 Å². The molecule has 0 atom stereocenters. The number of rotatable bonds is 6. The maximum absolute atomic E-state index is 13.0. The summed E-state index contributed by atoms with van der Waals surface area (Å²) >= 11 is 8.42. The van der Waals surface area contributed by atoms with Gasteiger partial charge < -0.3 is 5.32 Å². The second kappa shape index (κ2) is 8.32. The van der Waals surface area contributed by atoms with Gasteiger partial charge in [0.25, 0.3) is 0 Å². The maximum atomic E-state index is 13.0. The molecule has 0 aliphatic heterocycles. The van der Waals surface area contributed by atoms with Crippen LogP contribution < -0.4 is 5.32 Å². The van der Waals surface area contributed by atoms with E-state index in [-0.39, 0.29) is 10.8 Å². The van der Waals surface area contributed by atoms with Crippen LogP contribution in [0.4, 0.5) is 18.9 Å². The minimum atomic E-state index is -4.62. The number of benzene rings is 1. The molecule has 5 nitrogen and oxygen atoms in total. The van der Waals surface area contributed by atoms with E-state index in [9.17, 15) is 18.0 Å². The summed E-state index contributed by atoms with van der Waals surface area (Å²) in [5.41, 5.74) is -1.45. The molecule has 3 aromatic rings. The first-order valence-electron chi connectivity index (χ1n) is 7.55. The van der Waals surface area contributed by atoms with Crippen LogP contribution in [0, 0.1) is 0 Å². The lowest BCUT2D eigenvalue weighted by Gasteiger charge is -2.14. The largest absolute Gasteiger partial charge is 0.418 e. The summed E-state index contributed by atoms with van der Waals surface area (Å²) in [6, 6.07) is 7.22. The topological polar surface area (TPSA) is 70.7 Å². The normalized spacial score (nSPS) is 11.6. The number of hydrogen-bond donors (Lipinski definition) is 2. The number of hydrogen-bond acceptors (Lipinski definition) is 5. The number of H-pyrrole nitrogens is 1. The fourth-order valence-electron chi connectivity index (χ4n) is 2.19. The third kappa shape index (κ3) is 5.24. The molecule has 2 aromatic heterocycles. The lowest BCUT2D eigenvalue weighted by atomic mass is 10.1. The minimum absolute atomic E-state index is 0.154. The summed E-state index contributed by atoms with van der Waals surface area (Å²) in [5, 5.41) is 11.1. The maximum Gasteiger partial charge on any atom is 0.418 e. The number of amides is 1. The van der Waals surface area contributed by atoms with Gasteiger partial charge in [-0.05, 0) is 23.6 Å². The Morgan fingerprint density at radius 1 is 1.30 bits per heavy atom. The van der Waals surface area contributed by atoms with Gasteiger partial charge in [0, 0.05) is 11.3 Å². The summed E-state index contributed by atoms with van der Waals surface area (Å²) in [6.07, 6.45) is -4.03. The van der Waals surface area contributed by atoms with E-state index in [1.165, 1.54) is 12.1 Å². The smallest absolute Gasteiger partial charge is 0.324 e. The number of carbonyl (C=O) groups excluding carboxylic acids is 1. The molecule has 0 radical (unpaired) electrons. The number of nitrogens with one attached hydrogen (secondary N) is 2. The van der Waals surface area contributed by atoms with Crippen molar-refractivity contribution in [2.75, 3.05) is 11.1 Å². The van der Waals surface area contributed by atoms with Crippen molar-refractivity contribution in [1.82, 2.24) is 15.2 Å². The quantitative estimate of drug-likeness (QED) is 0.546. The molecule has 1 amide bonds. The zero-order valence-corrected chi connectivity index (χ0v) is 15.9. The highest BCUT2D eigenvalue weighted by Crippen LogP contribution is 2.38. The third-order valence-corrected chi connectivity index (χ3v) is 5.39. The van der Waals surface area contributed by atoms with Crippen LogP contribution in [0.3, 0.4) is 0 Å². The van der Waals surface area contributed by atoms with E-state index in [0.717, 1.165) is 22.7 Å². The highest BCUT2D eigenvalue weighted by atomic mass is 35.5. The van der Waals surface area contributed by atoms with Gasteiger partial charge in [0.05, 0.1) is 22.0 Å². The Hall–Kier alpha value is -2.04. The van der Waals surface area contributed by atoms with Gasteiger partial charge in [-0.15, -0.1) is 16.4 Å². The molecule has 2 N–H and O–H groups in total. The number of aromatic amines is 1. The predicted octanol–water partition coefficient (Wildman–Crippen LogP) is 4.86. The van der Waals surface area contributed by atoms with Crippen molar-refractivity contribution in [3.8, 4) is 0 Å². The number of halogens is 4. The molecule has 11 heteroatoms. The molecular formula is C16H12ClF3N4OS2. The zero-order chi connectivity index (χ0) is 19.4. The molecule has 0 bridgehead atoms. The second-order valence-corrected chi connectivity index (χ2v) is 7.70. The van der Waals surface area contributed by atoms with Crippen molar-refractivity contribution in [1.29, 1.82) is 0 Å². The Kier molecular flexibility index (Phi) is 6.08. The molecule has 0 saturated heterocycles. The standard InChI is InChI=1S/C16H12ClF3N4OS2/c17-11-5-1-4-10(16(18,19)20)14(11)22-13(25)8-27-15-21-12(23-24-15)7-9-3-2-6-26-9/h1-6H,7-8H2,(H,22,25)(H,21,23,24). The number of para-hydroxylation sites is 1. The first kappa shape index (κ1) is 19.7. The van der Waals surface area contributed by atoms with Gasteiger partial charge in [-0.2, -0.15) is 13.2 Å². The summed E-state index contributed by atoms with van der Waals surface area (Å²) in [5.74, 6) is -0.146. The Morgan fingerprint density at radius 2 is 2.11 bits per heavy atom. The average Bonchev–Trinajstić information content (AvgIpc) is 3.26. The molecule has 0 saturated carbocycles. The lowest BCUT2D eigenvalue weighted by molar-refractivity contribution is -0.137. The first-order chi connectivity index (χ1) is 12.8. The predicted molar refractivity (Wildman–Crippen MR) is 99.3 cm³/mol. The van der Waals surface area contributed by atoms with Gasteiger partial charge in [-0.1, -0.05) is 35.5 Å². The summed E-state index contributed by atoms with van der Waals surface area (Å²) < 4.78 is 39.1. The Bertz CT molecular complexity index is 928. The second-order valence-electron chi connectivity index (χ2n) is 5.32. The molecule has 0 aliphatic rings. The summed E-state index contributed by atoms with van der Waals surface area (Å²) in [4.78, 5) is 17.4. The molecule has 2 heterocycles. The third-order valence-electron chi connectivity index (χ3n) is 3.35. The van der Waals surface area contributed by atoms with Crippen LogP contribution >= 0.6 is 34.7 Å². The highest BCUT2D eigenvalue weighted by Gasteiger charge is 2.34. The van der Waals surface area contributed by atoms with Crippen molar-refractivity contribution < 1.29 is 18.0 Å². The molecule has 3 rings (SSSR count). The lowest BCUT2D eigenvalue weighted by Crippen LogP contribution is -2.18. The van der Waals surface area contributed by atoms with Crippen molar-refractivity contribution >= 4 is 46.3 Å². The molecule has 0 aliphatic carbocycles. The molecular weight excluding hydrogens is 421 g/mol. The molecule has 0 fully saturated rings. The van der Waals surface area contributed by atoms with E-state index >= 15 is 0 Å². The first-order valence-corrected chi connectivity index (χ1v) is 9.79. The van der Waals surface area contributed by atoms with Gasteiger partial charge in [-0.25, -0.2) is 4.98 Å². The molecule has 27 heavy (non-hydrogen) atoms. The zero-order valence-electron chi connectivity index (χ0n) is 13.5. The number of carbonyl (C=O) groups is 1.